The second-order valence-electron chi connectivity index (χ2n) is 6.43. The van der Waals surface area contributed by atoms with Gasteiger partial charge in [-0.15, -0.1) is 0 Å². The molecule has 0 unspecified atom stereocenters. The molecule has 0 bridgehead atoms. The minimum atomic E-state index is -0.242. The van der Waals surface area contributed by atoms with E-state index in [0.29, 0.717) is 39.1 Å². The molecule has 0 radical (unpaired) electrons. The first-order chi connectivity index (χ1) is 13.3. The summed E-state index contributed by atoms with van der Waals surface area (Å²) in [5, 5.41) is 14.9. The minimum Gasteiger partial charge on any atom is -0.503 e. The van der Waals surface area contributed by atoms with Gasteiger partial charge in [0.05, 0.1) is 28.2 Å². The van der Waals surface area contributed by atoms with Gasteiger partial charge in [-0.2, -0.15) is 9.78 Å². The number of hydrogen-bond acceptors (Lipinski definition) is 5. The van der Waals surface area contributed by atoms with E-state index in [1.807, 2.05) is 32.9 Å². The summed E-state index contributed by atoms with van der Waals surface area (Å²) >= 11 is 6.70. The zero-order chi connectivity index (χ0) is 20.4. The van der Waals surface area contributed by atoms with E-state index in [0.717, 1.165) is 4.47 Å². The summed E-state index contributed by atoms with van der Waals surface area (Å²) in [6.45, 7) is 6.17. The number of halogens is 2. The molecule has 1 heterocycles. The molecule has 8 heteroatoms. The fourth-order valence-corrected chi connectivity index (χ4v) is 3.53. The molecule has 3 aromatic rings. The molecule has 1 aromatic heterocycles. The van der Waals surface area contributed by atoms with Crippen LogP contribution in [-0.4, -0.2) is 27.6 Å². The zero-order valence-corrected chi connectivity index (χ0v) is 18.8. The Morgan fingerprint density at radius 3 is 2.71 bits per heavy atom. The van der Waals surface area contributed by atoms with Crippen LogP contribution in [0.5, 0.6) is 11.5 Å². The lowest BCUT2D eigenvalue weighted by Gasteiger charge is -2.12. The van der Waals surface area contributed by atoms with Crippen molar-refractivity contribution in [2.24, 2.45) is 5.10 Å². The second-order valence-corrected chi connectivity index (χ2v) is 8.20. The summed E-state index contributed by atoms with van der Waals surface area (Å²) in [5.74, 6) is 0.939. The quantitative estimate of drug-likeness (QED) is 0.490. The van der Waals surface area contributed by atoms with E-state index in [9.17, 15) is 9.90 Å². The molecule has 0 aliphatic carbocycles. The summed E-state index contributed by atoms with van der Waals surface area (Å²) in [4.78, 5) is 17.7. The lowest BCUT2D eigenvalue weighted by Crippen LogP contribution is -2.23. The Labute approximate surface area is 179 Å². The van der Waals surface area contributed by atoms with E-state index in [4.69, 9.17) is 4.74 Å². The van der Waals surface area contributed by atoms with Gasteiger partial charge in [0, 0.05) is 10.4 Å². The van der Waals surface area contributed by atoms with Gasteiger partial charge in [0.1, 0.15) is 5.82 Å². The number of benzene rings is 2. The van der Waals surface area contributed by atoms with Gasteiger partial charge in [0.25, 0.3) is 5.56 Å². The Morgan fingerprint density at radius 1 is 1.29 bits per heavy atom. The predicted octanol–water partition coefficient (Wildman–Crippen LogP) is 5.03. The van der Waals surface area contributed by atoms with E-state index in [2.05, 4.69) is 41.9 Å². The van der Waals surface area contributed by atoms with E-state index in [-0.39, 0.29) is 17.2 Å². The number of fused-ring (bicyclic) bond motifs is 1. The number of aromatic hydroxyl groups is 1. The van der Waals surface area contributed by atoms with Crippen LogP contribution in [0.3, 0.4) is 0 Å². The molecule has 0 spiro atoms. The highest BCUT2D eigenvalue weighted by Gasteiger charge is 2.14. The largest absolute Gasteiger partial charge is 0.503 e. The van der Waals surface area contributed by atoms with Crippen LogP contribution in [0.2, 0.25) is 0 Å². The van der Waals surface area contributed by atoms with E-state index >= 15 is 0 Å². The van der Waals surface area contributed by atoms with Crippen molar-refractivity contribution in [3.63, 3.8) is 0 Å². The standard InChI is InChI=1S/C20H19Br2N3O3/c1-4-28-17-8-12(7-15(22)18(17)26)10-23-25-19(11(2)3)24-16-6-5-13(21)9-14(16)20(25)27/h5-11,26H,4H2,1-3H3. The van der Waals surface area contributed by atoms with E-state index in [1.54, 1.807) is 24.4 Å². The Bertz CT molecular complexity index is 1120. The molecule has 3 rings (SSSR count). The van der Waals surface area contributed by atoms with Crippen LogP contribution < -0.4 is 10.3 Å². The second kappa shape index (κ2) is 8.45. The Balaban J connectivity index is 2.15. The van der Waals surface area contributed by atoms with Gasteiger partial charge < -0.3 is 9.84 Å². The summed E-state index contributed by atoms with van der Waals surface area (Å²) in [6, 6.07) is 8.78. The first-order valence-electron chi connectivity index (χ1n) is 8.73. The predicted molar refractivity (Wildman–Crippen MR) is 118 cm³/mol. The zero-order valence-electron chi connectivity index (χ0n) is 15.6. The molecule has 28 heavy (non-hydrogen) atoms. The first-order valence-corrected chi connectivity index (χ1v) is 10.3. The minimum absolute atomic E-state index is 0.00318. The lowest BCUT2D eigenvalue weighted by atomic mass is 10.2. The number of rotatable bonds is 5. The molecule has 6 nitrogen and oxygen atoms in total. The third kappa shape index (κ3) is 4.12. The maximum Gasteiger partial charge on any atom is 0.282 e. The number of hydrogen-bond donors (Lipinski definition) is 1. The van der Waals surface area contributed by atoms with Gasteiger partial charge in [-0.05, 0) is 58.7 Å². The van der Waals surface area contributed by atoms with Crippen molar-refractivity contribution in [2.75, 3.05) is 6.61 Å². The van der Waals surface area contributed by atoms with Gasteiger partial charge in [-0.3, -0.25) is 4.79 Å². The third-order valence-corrected chi connectivity index (χ3v) is 5.12. The molecule has 146 valence electrons. The van der Waals surface area contributed by atoms with Gasteiger partial charge in [-0.1, -0.05) is 29.8 Å². The highest BCUT2D eigenvalue weighted by Crippen LogP contribution is 2.35. The van der Waals surface area contributed by atoms with Crippen molar-refractivity contribution in [3.05, 3.63) is 61.0 Å². The Morgan fingerprint density at radius 2 is 2.04 bits per heavy atom. The molecule has 0 atom stereocenters. The third-order valence-electron chi connectivity index (χ3n) is 4.02. The van der Waals surface area contributed by atoms with Gasteiger partial charge in [0.2, 0.25) is 0 Å². The van der Waals surface area contributed by atoms with Gasteiger partial charge in [0.15, 0.2) is 11.5 Å². The Hall–Kier alpha value is -2.19. The fraction of sp³-hybridized carbons (Fsp3) is 0.250. The molecule has 1 N–H and O–H groups in total. The molecule has 2 aromatic carbocycles. The maximum atomic E-state index is 13.0. The van der Waals surface area contributed by atoms with E-state index < -0.39 is 0 Å². The van der Waals surface area contributed by atoms with Crippen molar-refractivity contribution in [2.45, 2.75) is 26.7 Å². The maximum absolute atomic E-state index is 13.0. The normalized spacial score (nSPS) is 11.6. The summed E-state index contributed by atoms with van der Waals surface area (Å²) in [7, 11) is 0. The lowest BCUT2D eigenvalue weighted by molar-refractivity contribution is 0.317. The summed E-state index contributed by atoms with van der Waals surface area (Å²) in [5.41, 5.74) is 1.06. The fourth-order valence-electron chi connectivity index (χ4n) is 2.71. The van der Waals surface area contributed by atoms with E-state index in [1.165, 1.54) is 4.68 Å². The number of phenolic OH excluding ortho intramolecular Hbond substituents is 1. The van der Waals surface area contributed by atoms with Crippen molar-refractivity contribution in [3.8, 4) is 11.5 Å². The van der Waals surface area contributed by atoms with Crippen LogP contribution in [0.4, 0.5) is 0 Å². The van der Waals surface area contributed by atoms with Gasteiger partial charge >= 0.3 is 0 Å². The molecule has 0 aliphatic heterocycles. The Kier molecular flexibility index (Phi) is 6.20. The van der Waals surface area contributed by atoms with Crippen LogP contribution in [0, 0.1) is 0 Å². The number of ether oxygens (including phenoxy) is 1. The molecule has 0 fully saturated rings. The molecular formula is C20H19Br2N3O3. The number of phenols is 1. The SMILES string of the molecule is CCOc1cc(C=Nn2c(C(C)C)nc3ccc(Br)cc3c2=O)cc(Br)c1O. The van der Waals surface area contributed by atoms with Crippen LogP contribution in [0.15, 0.2) is 49.2 Å². The topological polar surface area (TPSA) is 76.7 Å². The number of nitrogens with zero attached hydrogens (tertiary/aromatic N) is 3. The molecule has 0 aliphatic rings. The summed E-state index contributed by atoms with van der Waals surface area (Å²) in [6.07, 6.45) is 1.55. The van der Waals surface area contributed by atoms with Crippen LogP contribution in [-0.2, 0) is 0 Å². The average Bonchev–Trinajstić information content (AvgIpc) is 2.65. The van der Waals surface area contributed by atoms with Crippen molar-refractivity contribution < 1.29 is 9.84 Å². The molecule has 0 amide bonds. The van der Waals surface area contributed by atoms with Crippen molar-refractivity contribution in [1.29, 1.82) is 0 Å². The highest BCUT2D eigenvalue weighted by molar-refractivity contribution is 9.10. The van der Waals surface area contributed by atoms with Crippen LogP contribution in [0.25, 0.3) is 10.9 Å². The molecule has 0 saturated heterocycles. The highest BCUT2D eigenvalue weighted by atomic mass is 79.9. The molecular weight excluding hydrogens is 490 g/mol. The number of aromatic nitrogens is 2. The smallest absolute Gasteiger partial charge is 0.282 e. The van der Waals surface area contributed by atoms with Crippen molar-refractivity contribution in [1.82, 2.24) is 9.66 Å². The molecule has 0 saturated carbocycles. The first kappa shape index (κ1) is 20.5. The van der Waals surface area contributed by atoms with Gasteiger partial charge in [-0.25, -0.2) is 4.98 Å². The average molecular weight is 509 g/mol. The van der Waals surface area contributed by atoms with Crippen LogP contribution >= 0.6 is 31.9 Å². The van der Waals surface area contributed by atoms with Crippen molar-refractivity contribution >= 4 is 49.0 Å². The van der Waals surface area contributed by atoms with Crippen LogP contribution in [0.1, 0.15) is 38.1 Å². The summed E-state index contributed by atoms with van der Waals surface area (Å²) < 4.78 is 8.04. The monoisotopic (exact) mass is 507 g/mol.